The number of alkyl halides is 1. The van der Waals surface area contributed by atoms with Gasteiger partial charge in [-0.25, -0.2) is 0 Å². The molecule has 2 aromatic rings. The summed E-state index contributed by atoms with van der Waals surface area (Å²) in [5.74, 6) is 0. The molecule has 0 fully saturated rings. The molecule has 0 heterocycles. The Morgan fingerprint density at radius 2 is 1.74 bits per heavy atom. The Bertz CT molecular complexity index is 517. The molecule has 2 heteroatoms. The maximum atomic E-state index is 3.80. The maximum absolute atomic E-state index is 3.80. The number of hydrogen-bond acceptors (Lipinski definition) is 0. The highest BCUT2D eigenvalue weighted by Gasteiger charge is 2.06. The molecule has 0 N–H and O–H groups in total. The summed E-state index contributed by atoms with van der Waals surface area (Å²) in [6, 6.07) is 17.4. The molecular weight excluding hydrogens is 364 g/mol. The molecule has 0 radical (unpaired) electrons. The lowest BCUT2D eigenvalue weighted by Crippen LogP contribution is -2.04. The van der Waals surface area contributed by atoms with Gasteiger partial charge in [-0.1, -0.05) is 73.8 Å². The molecule has 0 saturated heterocycles. The summed E-state index contributed by atoms with van der Waals surface area (Å²) in [6.07, 6.45) is 3.37. The third-order valence-electron chi connectivity index (χ3n) is 3.21. The Morgan fingerprint density at radius 1 is 1.00 bits per heavy atom. The molecule has 0 nitrogen and oxygen atoms in total. The molecule has 100 valence electrons. The molecule has 2 rings (SSSR count). The lowest BCUT2D eigenvalue weighted by atomic mass is 10.0. The van der Waals surface area contributed by atoms with Gasteiger partial charge in [0.2, 0.25) is 0 Å². The van der Waals surface area contributed by atoms with E-state index >= 15 is 0 Å². The normalized spacial score (nSPS) is 12.4. The SMILES string of the molecule is Cc1ccc(CCC(Br)Cc2cccc(Br)c2)cc1. The van der Waals surface area contributed by atoms with Crippen LogP contribution in [0.5, 0.6) is 0 Å². The van der Waals surface area contributed by atoms with E-state index in [9.17, 15) is 0 Å². The highest BCUT2D eigenvalue weighted by Crippen LogP contribution is 2.19. The van der Waals surface area contributed by atoms with Crippen LogP contribution in [-0.2, 0) is 12.8 Å². The molecule has 0 spiro atoms. The van der Waals surface area contributed by atoms with Crippen molar-refractivity contribution in [2.45, 2.75) is 31.0 Å². The highest BCUT2D eigenvalue weighted by atomic mass is 79.9. The van der Waals surface area contributed by atoms with Crippen LogP contribution in [0, 0.1) is 6.92 Å². The van der Waals surface area contributed by atoms with E-state index < -0.39 is 0 Å². The van der Waals surface area contributed by atoms with Gasteiger partial charge < -0.3 is 0 Å². The summed E-state index contributed by atoms with van der Waals surface area (Å²) in [7, 11) is 0. The molecule has 0 aromatic heterocycles. The van der Waals surface area contributed by atoms with E-state index in [0.717, 1.165) is 23.7 Å². The molecule has 0 aliphatic carbocycles. The first kappa shape index (κ1) is 14.8. The first-order valence-electron chi connectivity index (χ1n) is 6.57. The quantitative estimate of drug-likeness (QED) is 0.583. The van der Waals surface area contributed by atoms with Crippen molar-refractivity contribution in [2.75, 3.05) is 0 Å². The van der Waals surface area contributed by atoms with Crippen LogP contribution in [0.2, 0.25) is 0 Å². The van der Waals surface area contributed by atoms with Gasteiger partial charge in [-0.3, -0.25) is 0 Å². The van der Waals surface area contributed by atoms with Gasteiger partial charge in [0.05, 0.1) is 0 Å². The molecule has 0 aliphatic heterocycles. The van der Waals surface area contributed by atoms with Gasteiger partial charge in [0, 0.05) is 9.30 Å². The van der Waals surface area contributed by atoms with E-state index in [1.54, 1.807) is 0 Å². The van der Waals surface area contributed by atoms with Crippen LogP contribution < -0.4 is 0 Å². The van der Waals surface area contributed by atoms with Crippen molar-refractivity contribution in [3.63, 3.8) is 0 Å². The zero-order valence-corrected chi connectivity index (χ0v) is 14.2. The molecular formula is C17H18Br2. The zero-order valence-electron chi connectivity index (χ0n) is 11.1. The fourth-order valence-corrected chi connectivity index (χ4v) is 3.15. The van der Waals surface area contributed by atoms with Crippen molar-refractivity contribution in [1.29, 1.82) is 0 Å². The van der Waals surface area contributed by atoms with Crippen molar-refractivity contribution < 1.29 is 0 Å². The fourth-order valence-electron chi connectivity index (χ4n) is 2.10. The van der Waals surface area contributed by atoms with Crippen LogP contribution >= 0.6 is 31.9 Å². The third-order valence-corrected chi connectivity index (χ3v) is 4.49. The van der Waals surface area contributed by atoms with Crippen LogP contribution in [0.25, 0.3) is 0 Å². The van der Waals surface area contributed by atoms with Crippen LogP contribution in [-0.4, -0.2) is 4.83 Å². The number of hydrogen-bond donors (Lipinski definition) is 0. The number of aryl methyl sites for hydroxylation is 2. The predicted molar refractivity (Wildman–Crippen MR) is 90.1 cm³/mol. The van der Waals surface area contributed by atoms with Gasteiger partial charge in [0.1, 0.15) is 0 Å². The third kappa shape index (κ3) is 5.12. The van der Waals surface area contributed by atoms with Crippen LogP contribution in [0.3, 0.4) is 0 Å². The lowest BCUT2D eigenvalue weighted by Gasteiger charge is -2.10. The minimum Gasteiger partial charge on any atom is -0.0887 e. The largest absolute Gasteiger partial charge is 0.0887 e. The van der Waals surface area contributed by atoms with Crippen LogP contribution in [0.15, 0.2) is 53.0 Å². The van der Waals surface area contributed by atoms with Crippen molar-refractivity contribution in [3.05, 3.63) is 69.7 Å². The molecule has 19 heavy (non-hydrogen) atoms. The van der Waals surface area contributed by atoms with Crippen molar-refractivity contribution >= 4 is 31.9 Å². The zero-order chi connectivity index (χ0) is 13.7. The van der Waals surface area contributed by atoms with Crippen molar-refractivity contribution in [2.24, 2.45) is 0 Å². The van der Waals surface area contributed by atoms with Gasteiger partial charge in [0.25, 0.3) is 0 Å². The summed E-state index contributed by atoms with van der Waals surface area (Å²) in [5, 5.41) is 0. The van der Waals surface area contributed by atoms with E-state index in [2.05, 4.69) is 87.3 Å². The Hall–Kier alpha value is -0.600. The second-order valence-corrected chi connectivity index (χ2v) is 7.17. The van der Waals surface area contributed by atoms with Crippen LogP contribution in [0.4, 0.5) is 0 Å². The van der Waals surface area contributed by atoms with Crippen molar-refractivity contribution in [3.8, 4) is 0 Å². The average Bonchev–Trinajstić information content (AvgIpc) is 2.38. The van der Waals surface area contributed by atoms with E-state index in [1.165, 1.54) is 16.7 Å². The molecule has 0 amide bonds. The van der Waals surface area contributed by atoms with E-state index in [0.29, 0.717) is 4.83 Å². The summed E-state index contributed by atoms with van der Waals surface area (Å²) in [4.78, 5) is 0.531. The van der Waals surface area contributed by atoms with Gasteiger partial charge in [-0.2, -0.15) is 0 Å². The summed E-state index contributed by atoms with van der Waals surface area (Å²) < 4.78 is 1.16. The smallest absolute Gasteiger partial charge is 0.0189 e. The number of halogens is 2. The van der Waals surface area contributed by atoms with Gasteiger partial charge in [0.15, 0.2) is 0 Å². The van der Waals surface area contributed by atoms with Gasteiger partial charge in [-0.15, -0.1) is 0 Å². The topological polar surface area (TPSA) is 0 Å². The average molecular weight is 382 g/mol. The monoisotopic (exact) mass is 380 g/mol. The molecule has 0 aliphatic rings. The minimum absolute atomic E-state index is 0.531. The Labute approximate surface area is 132 Å². The number of benzene rings is 2. The fraction of sp³-hybridized carbons (Fsp3) is 0.294. The Kier molecular flexibility index (Phi) is 5.65. The second-order valence-electron chi connectivity index (χ2n) is 4.96. The molecule has 0 bridgehead atoms. The van der Waals surface area contributed by atoms with Crippen LogP contribution in [0.1, 0.15) is 23.1 Å². The van der Waals surface area contributed by atoms with E-state index in [-0.39, 0.29) is 0 Å². The van der Waals surface area contributed by atoms with E-state index in [1.807, 2.05) is 0 Å². The predicted octanol–water partition coefficient (Wildman–Crippen LogP) is 5.70. The first-order valence-corrected chi connectivity index (χ1v) is 8.28. The molecule has 1 atom stereocenters. The maximum Gasteiger partial charge on any atom is 0.0189 e. The van der Waals surface area contributed by atoms with Crippen molar-refractivity contribution in [1.82, 2.24) is 0 Å². The highest BCUT2D eigenvalue weighted by molar-refractivity contribution is 9.10. The lowest BCUT2D eigenvalue weighted by molar-refractivity contribution is 0.763. The number of rotatable bonds is 5. The Balaban J connectivity index is 1.84. The Morgan fingerprint density at radius 3 is 2.42 bits per heavy atom. The summed E-state index contributed by atoms with van der Waals surface area (Å²) in [6.45, 7) is 2.13. The minimum atomic E-state index is 0.531. The second kappa shape index (κ2) is 7.25. The standard InChI is InChI=1S/C17H18Br2/c1-13-5-7-14(8-6-13)9-10-17(19)12-15-3-2-4-16(18)11-15/h2-8,11,17H,9-10,12H2,1H3. The summed E-state index contributed by atoms with van der Waals surface area (Å²) >= 11 is 7.32. The molecule has 2 aromatic carbocycles. The molecule has 1 unspecified atom stereocenters. The van der Waals surface area contributed by atoms with Gasteiger partial charge >= 0.3 is 0 Å². The molecule has 0 saturated carbocycles. The van der Waals surface area contributed by atoms with E-state index in [4.69, 9.17) is 0 Å². The van der Waals surface area contributed by atoms with Gasteiger partial charge in [-0.05, 0) is 49.4 Å². The first-order chi connectivity index (χ1) is 9.13. The summed E-state index contributed by atoms with van der Waals surface area (Å²) in [5.41, 5.74) is 4.12.